The van der Waals surface area contributed by atoms with Gasteiger partial charge in [0, 0.05) is 11.1 Å². The maximum atomic E-state index is 13.2. The zero-order chi connectivity index (χ0) is 23.7. The molecule has 0 bridgehead atoms. The van der Waals surface area contributed by atoms with Crippen LogP contribution in [0.25, 0.3) is 0 Å². The van der Waals surface area contributed by atoms with Gasteiger partial charge in [-0.05, 0) is 24.3 Å². The number of ketones is 1. The second-order valence-electron chi connectivity index (χ2n) is 10.1. The first-order valence-corrected chi connectivity index (χ1v) is 17.2. The summed E-state index contributed by atoms with van der Waals surface area (Å²) in [6.45, 7) is 11.5. The van der Waals surface area contributed by atoms with Crippen molar-refractivity contribution in [2.24, 2.45) is 0 Å². The molecule has 0 fully saturated rings. The number of rotatable bonds is 4. The second kappa shape index (κ2) is 6.91. The summed E-state index contributed by atoms with van der Waals surface area (Å²) in [5, 5.41) is 0. The quantitative estimate of drug-likeness (QED) is 0.390. The molecule has 0 aliphatic carbocycles. The molecule has 0 spiro atoms. The third-order valence-corrected chi connectivity index (χ3v) is 9.13. The summed E-state index contributed by atoms with van der Waals surface area (Å²) in [5.41, 5.74) is 1.55. The summed E-state index contributed by atoms with van der Waals surface area (Å²) in [6.07, 6.45) is 0. The van der Waals surface area contributed by atoms with Crippen LogP contribution in [-0.2, 0) is 0 Å². The Morgan fingerprint density at radius 1 is 0.562 bits per heavy atom. The Balaban J connectivity index is 1.71. The summed E-state index contributed by atoms with van der Waals surface area (Å²) in [4.78, 5) is 64.3. The summed E-state index contributed by atoms with van der Waals surface area (Å²) >= 11 is 0. The average molecular weight is 465 g/mol. The van der Waals surface area contributed by atoms with Crippen LogP contribution < -0.4 is 0 Å². The maximum absolute atomic E-state index is 13.2. The monoisotopic (exact) mass is 464 g/mol. The lowest BCUT2D eigenvalue weighted by Gasteiger charge is -2.27. The van der Waals surface area contributed by atoms with Crippen molar-refractivity contribution in [3.63, 3.8) is 0 Å². The average Bonchev–Trinajstić information content (AvgIpc) is 3.10. The van der Waals surface area contributed by atoms with Crippen LogP contribution in [0.4, 0.5) is 0 Å². The van der Waals surface area contributed by atoms with E-state index in [2.05, 4.69) is 0 Å². The van der Waals surface area contributed by atoms with E-state index in [0.29, 0.717) is 11.1 Å². The van der Waals surface area contributed by atoms with E-state index >= 15 is 0 Å². The zero-order valence-corrected chi connectivity index (χ0v) is 20.9. The minimum absolute atomic E-state index is 0.223. The Kier molecular flexibility index (Phi) is 4.76. The third kappa shape index (κ3) is 3.20. The van der Waals surface area contributed by atoms with E-state index in [4.69, 9.17) is 0 Å². The van der Waals surface area contributed by atoms with Crippen LogP contribution in [0, 0.1) is 0 Å². The standard InChI is InChI=1S/C23H24N2O5Si2/c1-31(2,3)24-20(27)15-9-7-13(11-17(15)22(24)29)19(26)14-8-10-16-18(12-14)23(30)25(21(16)28)32(4,5)6/h7-12H,1-6H3. The zero-order valence-electron chi connectivity index (χ0n) is 18.9. The molecule has 0 atom stereocenters. The fourth-order valence-corrected chi connectivity index (χ4v) is 7.07. The van der Waals surface area contributed by atoms with Crippen molar-refractivity contribution in [2.75, 3.05) is 0 Å². The van der Waals surface area contributed by atoms with E-state index in [1.54, 1.807) is 0 Å². The number of nitrogens with zero attached hydrogens (tertiary/aromatic N) is 2. The van der Waals surface area contributed by atoms with Crippen molar-refractivity contribution in [3.8, 4) is 0 Å². The minimum Gasteiger partial charge on any atom is -0.304 e. The summed E-state index contributed by atoms with van der Waals surface area (Å²) in [6, 6.07) is 8.97. The van der Waals surface area contributed by atoms with Gasteiger partial charge < -0.3 is 9.13 Å². The van der Waals surface area contributed by atoms with Crippen LogP contribution in [0.1, 0.15) is 57.4 Å². The van der Waals surface area contributed by atoms with Gasteiger partial charge in [-0.15, -0.1) is 0 Å². The van der Waals surface area contributed by atoms with Gasteiger partial charge in [0.15, 0.2) is 22.3 Å². The van der Waals surface area contributed by atoms with Gasteiger partial charge in [0.1, 0.15) is 0 Å². The Bertz CT molecular complexity index is 1160. The van der Waals surface area contributed by atoms with Crippen molar-refractivity contribution < 1.29 is 24.0 Å². The fourth-order valence-electron chi connectivity index (χ4n) is 4.15. The highest BCUT2D eigenvalue weighted by Gasteiger charge is 2.44. The summed E-state index contributed by atoms with van der Waals surface area (Å²) in [5.74, 6) is -1.78. The second-order valence-corrected chi connectivity index (χ2v) is 19.7. The van der Waals surface area contributed by atoms with Crippen LogP contribution >= 0.6 is 0 Å². The van der Waals surface area contributed by atoms with Crippen LogP contribution in [0.3, 0.4) is 0 Å². The number of benzene rings is 2. The molecule has 0 radical (unpaired) electrons. The highest BCUT2D eigenvalue weighted by atomic mass is 28.3. The van der Waals surface area contributed by atoms with E-state index in [1.807, 2.05) is 39.3 Å². The molecule has 32 heavy (non-hydrogen) atoms. The number of amides is 4. The normalized spacial score (nSPS) is 16.1. The largest absolute Gasteiger partial charge is 0.304 e. The Morgan fingerprint density at radius 2 is 0.875 bits per heavy atom. The van der Waals surface area contributed by atoms with Crippen molar-refractivity contribution in [1.29, 1.82) is 0 Å². The highest BCUT2D eigenvalue weighted by Crippen LogP contribution is 2.31. The maximum Gasteiger partial charge on any atom is 0.253 e. The highest BCUT2D eigenvalue weighted by molar-refractivity contribution is 6.79. The molecule has 0 N–H and O–H groups in total. The van der Waals surface area contributed by atoms with Gasteiger partial charge >= 0.3 is 0 Å². The SMILES string of the molecule is C[Si](C)(C)N1C(=O)c2ccc(C(=O)c3ccc4c(c3)C(=O)N([Si](C)(C)C)C4=O)cc2C1=O. The molecule has 7 nitrogen and oxygen atoms in total. The molecule has 2 aromatic carbocycles. The van der Waals surface area contributed by atoms with Crippen LogP contribution in [-0.4, -0.2) is 55.0 Å². The first kappa shape index (κ1) is 22.0. The van der Waals surface area contributed by atoms with Crippen LogP contribution in [0.15, 0.2) is 36.4 Å². The van der Waals surface area contributed by atoms with E-state index in [1.165, 1.54) is 45.5 Å². The molecule has 2 aliphatic heterocycles. The number of fused-ring (bicyclic) bond motifs is 2. The Hall–Kier alpha value is -3.18. The van der Waals surface area contributed by atoms with Gasteiger partial charge in [-0.1, -0.05) is 51.4 Å². The predicted molar refractivity (Wildman–Crippen MR) is 124 cm³/mol. The number of hydrogen-bond donors (Lipinski definition) is 0. The van der Waals surface area contributed by atoms with Crippen molar-refractivity contribution in [2.45, 2.75) is 39.3 Å². The van der Waals surface area contributed by atoms with E-state index < -0.39 is 16.5 Å². The molecule has 2 heterocycles. The smallest absolute Gasteiger partial charge is 0.253 e. The molecule has 4 rings (SSSR count). The summed E-state index contributed by atoms with van der Waals surface area (Å²) in [7, 11) is -4.45. The Morgan fingerprint density at radius 3 is 1.19 bits per heavy atom. The molecule has 164 valence electrons. The predicted octanol–water partition coefficient (Wildman–Crippen LogP) is 3.78. The number of hydrogen-bond acceptors (Lipinski definition) is 5. The van der Waals surface area contributed by atoms with Gasteiger partial charge in [-0.3, -0.25) is 24.0 Å². The van der Waals surface area contributed by atoms with Gasteiger partial charge in [0.2, 0.25) is 0 Å². The van der Waals surface area contributed by atoms with Crippen LogP contribution in [0.5, 0.6) is 0 Å². The molecule has 0 unspecified atom stereocenters. The van der Waals surface area contributed by atoms with E-state index in [-0.39, 0.29) is 51.7 Å². The lowest BCUT2D eigenvalue weighted by Crippen LogP contribution is -2.49. The first-order valence-electron chi connectivity index (χ1n) is 10.3. The third-order valence-electron chi connectivity index (χ3n) is 5.64. The Labute approximate surface area is 188 Å². The molecule has 2 aromatic rings. The molecular weight excluding hydrogens is 440 g/mol. The number of carbonyl (C=O) groups excluding carboxylic acids is 5. The molecule has 2 aliphatic rings. The van der Waals surface area contributed by atoms with Crippen molar-refractivity contribution in [3.05, 3.63) is 69.8 Å². The fraction of sp³-hybridized carbons (Fsp3) is 0.261. The van der Waals surface area contributed by atoms with Gasteiger partial charge in [0.25, 0.3) is 23.6 Å². The van der Waals surface area contributed by atoms with Gasteiger partial charge in [-0.25, -0.2) is 0 Å². The molecule has 4 amide bonds. The minimum atomic E-state index is -2.23. The summed E-state index contributed by atoms with van der Waals surface area (Å²) < 4.78 is 2.66. The first-order chi connectivity index (χ1) is 14.7. The lowest BCUT2D eigenvalue weighted by molar-refractivity contribution is 0.0735. The molecule has 9 heteroatoms. The van der Waals surface area contributed by atoms with Gasteiger partial charge in [0.05, 0.1) is 22.3 Å². The van der Waals surface area contributed by atoms with Crippen molar-refractivity contribution in [1.82, 2.24) is 9.13 Å². The lowest BCUT2D eigenvalue weighted by atomic mass is 9.96. The molecular formula is C23H24N2O5Si2. The topological polar surface area (TPSA) is 91.8 Å². The number of imide groups is 2. The van der Waals surface area contributed by atoms with Crippen molar-refractivity contribution >= 4 is 45.9 Å². The molecule has 0 saturated carbocycles. The number of carbonyl (C=O) groups is 5. The molecule has 0 aromatic heterocycles. The van der Waals surface area contributed by atoms with E-state index in [9.17, 15) is 24.0 Å². The van der Waals surface area contributed by atoms with Crippen LogP contribution in [0.2, 0.25) is 39.3 Å². The van der Waals surface area contributed by atoms with Gasteiger partial charge in [-0.2, -0.15) is 0 Å². The van der Waals surface area contributed by atoms with E-state index in [0.717, 1.165) is 0 Å². The molecule has 0 saturated heterocycles.